The highest BCUT2D eigenvalue weighted by Gasteiger charge is 2.25. The highest BCUT2D eigenvalue weighted by Crippen LogP contribution is 2.28. The van der Waals surface area contributed by atoms with Gasteiger partial charge in [0.25, 0.3) is 0 Å². The molecule has 1 saturated carbocycles. The summed E-state index contributed by atoms with van der Waals surface area (Å²) < 4.78 is 1.89. The summed E-state index contributed by atoms with van der Waals surface area (Å²) in [5.74, 6) is 4.60. The van der Waals surface area contributed by atoms with E-state index in [1.165, 1.54) is 19.3 Å². The Morgan fingerprint density at radius 1 is 1.17 bits per heavy atom. The fraction of sp³-hybridized carbons (Fsp3) is 0.357. The van der Waals surface area contributed by atoms with Crippen molar-refractivity contribution in [2.45, 2.75) is 51.1 Å². The standard InChI is InChI=1S/C28H31N7O/c1-3-15-30-28-33-25(19-26(34-28)35-16-7-8-17-35)32-24(18-21-9-5-4-6-10-21)27(36)31-20-22-11-13-23(29-2)14-12-22/h1,7-8,11-14,16-17,19,21,24H,4-6,9-10,15,18,20H2,(H,31,36)(H2,30,32,33,34)/t24-/m1/s1. The Kier molecular flexibility index (Phi) is 8.56. The van der Waals surface area contributed by atoms with Gasteiger partial charge in [-0.15, -0.1) is 6.42 Å². The molecular weight excluding hydrogens is 450 g/mol. The van der Waals surface area contributed by atoms with Crippen molar-refractivity contribution in [1.82, 2.24) is 19.9 Å². The molecule has 4 rings (SSSR count). The molecule has 2 heterocycles. The second-order valence-corrected chi connectivity index (χ2v) is 9.02. The van der Waals surface area contributed by atoms with Crippen LogP contribution in [-0.4, -0.2) is 33.0 Å². The lowest BCUT2D eigenvalue weighted by Crippen LogP contribution is -2.41. The van der Waals surface area contributed by atoms with Gasteiger partial charge in [-0.1, -0.05) is 62.3 Å². The van der Waals surface area contributed by atoms with Gasteiger partial charge in [0.1, 0.15) is 17.7 Å². The molecule has 1 amide bonds. The van der Waals surface area contributed by atoms with E-state index < -0.39 is 6.04 Å². The molecule has 184 valence electrons. The van der Waals surface area contributed by atoms with Gasteiger partial charge in [0.05, 0.1) is 13.1 Å². The van der Waals surface area contributed by atoms with Gasteiger partial charge in [-0.3, -0.25) is 4.79 Å². The minimum atomic E-state index is -0.441. The third kappa shape index (κ3) is 6.86. The fourth-order valence-electron chi connectivity index (χ4n) is 4.50. The minimum absolute atomic E-state index is 0.0749. The van der Waals surface area contributed by atoms with Gasteiger partial charge in [-0.25, -0.2) is 4.85 Å². The van der Waals surface area contributed by atoms with E-state index >= 15 is 0 Å². The molecule has 1 atom stereocenters. The zero-order valence-corrected chi connectivity index (χ0v) is 20.3. The summed E-state index contributed by atoms with van der Waals surface area (Å²) in [6, 6.07) is 12.5. The van der Waals surface area contributed by atoms with Crippen LogP contribution in [0.3, 0.4) is 0 Å². The van der Waals surface area contributed by atoms with Crippen LogP contribution in [0.2, 0.25) is 0 Å². The number of hydrogen-bond acceptors (Lipinski definition) is 5. The van der Waals surface area contributed by atoms with Crippen LogP contribution in [0.15, 0.2) is 54.9 Å². The van der Waals surface area contributed by atoms with Crippen molar-refractivity contribution < 1.29 is 4.79 Å². The molecule has 1 aliphatic carbocycles. The molecular formula is C28H31N7O. The molecule has 0 radical (unpaired) electrons. The number of hydrogen-bond donors (Lipinski definition) is 3. The lowest BCUT2D eigenvalue weighted by molar-refractivity contribution is -0.122. The van der Waals surface area contributed by atoms with Gasteiger partial charge in [0.2, 0.25) is 11.9 Å². The SMILES string of the molecule is [C-]#[N+]c1ccc(CNC(=O)[C@@H](CC2CCCCC2)Nc2cc(-n3cccc3)nc(NCC#C)n2)cc1. The second kappa shape index (κ2) is 12.4. The molecule has 8 heteroatoms. The van der Waals surface area contributed by atoms with Gasteiger partial charge in [-0.05, 0) is 30.0 Å². The molecule has 0 spiro atoms. The molecule has 1 aliphatic rings. The third-order valence-corrected chi connectivity index (χ3v) is 6.39. The molecule has 2 aromatic heterocycles. The Morgan fingerprint density at radius 2 is 1.92 bits per heavy atom. The van der Waals surface area contributed by atoms with Crippen LogP contribution in [-0.2, 0) is 11.3 Å². The van der Waals surface area contributed by atoms with Crippen molar-refractivity contribution in [3.8, 4) is 18.2 Å². The maximum Gasteiger partial charge on any atom is 0.242 e. The van der Waals surface area contributed by atoms with Gasteiger partial charge in [0, 0.05) is 25.0 Å². The van der Waals surface area contributed by atoms with Crippen LogP contribution in [0.5, 0.6) is 0 Å². The highest BCUT2D eigenvalue weighted by atomic mass is 16.2. The molecule has 0 unspecified atom stereocenters. The van der Waals surface area contributed by atoms with Crippen molar-refractivity contribution in [2.24, 2.45) is 5.92 Å². The number of benzene rings is 1. The van der Waals surface area contributed by atoms with Crippen LogP contribution in [0.1, 0.15) is 44.1 Å². The monoisotopic (exact) mass is 481 g/mol. The number of rotatable bonds is 10. The number of terminal acetylenes is 1. The first-order valence-corrected chi connectivity index (χ1v) is 12.3. The number of carbonyl (C=O) groups excluding carboxylic acids is 1. The van der Waals surface area contributed by atoms with E-state index in [0.29, 0.717) is 42.3 Å². The van der Waals surface area contributed by atoms with E-state index in [-0.39, 0.29) is 5.91 Å². The smallest absolute Gasteiger partial charge is 0.242 e. The fourth-order valence-corrected chi connectivity index (χ4v) is 4.50. The summed E-state index contributed by atoms with van der Waals surface area (Å²) in [4.78, 5) is 25.9. The van der Waals surface area contributed by atoms with Crippen LogP contribution >= 0.6 is 0 Å². The lowest BCUT2D eigenvalue weighted by Gasteiger charge is -2.27. The van der Waals surface area contributed by atoms with E-state index in [1.807, 2.05) is 47.3 Å². The Hall–Kier alpha value is -4.30. The van der Waals surface area contributed by atoms with Crippen molar-refractivity contribution in [3.05, 3.63) is 71.8 Å². The van der Waals surface area contributed by atoms with Gasteiger partial charge in [-0.2, -0.15) is 9.97 Å². The summed E-state index contributed by atoms with van der Waals surface area (Å²) >= 11 is 0. The molecule has 0 bridgehead atoms. The van der Waals surface area contributed by atoms with Crippen molar-refractivity contribution in [2.75, 3.05) is 17.2 Å². The maximum atomic E-state index is 13.4. The molecule has 1 fully saturated rings. The topological polar surface area (TPSA) is 88.2 Å². The average molecular weight is 482 g/mol. The number of nitrogens with one attached hydrogen (secondary N) is 3. The molecule has 0 saturated heterocycles. The van der Waals surface area contributed by atoms with Crippen LogP contribution in [0, 0.1) is 24.8 Å². The van der Waals surface area contributed by atoms with Crippen LogP contribution in [0.4, 0.5) is 17.5 Å². The number of amides is 1. The van der Waals surface area contributed by atoms with Crippen LogP contribution < -0.4 is 16.0 Å². The summed E-state index contributed by atoms with van der Waals surface area (Å²) in [6.07, 6.45) is 15.9. The van der Waals surface area contributed by atoms with Gasteiger partial charge in [0.15, 0.2) is 5.69 Å². The summed E-state index contributed by atoms with van der Waals surface area (Å²) in [5.41, 5.74) is 1.53. The summed E-state index contributed by atoms with van der Waals surface area (Å²) in [5, 5.41) is 9.50. The first kappa shape index (κ1) is 24.8. The normalized spacial score (nSPS) is 14.3. The highest BCUT2D eigenvalue weighted by molar-refractivity contribution is 5.84. The average Bonchev–Trinajstić information content (AvgIpc) is 3.46. The molecule has 0 aliphatic heterocycles. The largest absolute Gasteiger partial charge is 0.358 e. The van der Waals surface area contributed by atoms with E-state index in [2.05, 4.69) is 36.7 Å². The first-order chi connectivity index (χ1) is 17.6. The number of aromatic nitrogens is 3. The predicted octanol–water partition coefficient (Wildman–Crippen LogP) is 4.93. The summed E-state index contributed by atoms with van der Waals surface area (Å²) in [7, 11) is 0. The number of nitrogens with zero attached hydrogens (tertiary/aromatic N) is 4. The van der Waals surface area contributed by atoms with E-state index in [0.717, 1.165) is 24.8 Å². The molecule has 36 heavy (non-hydrogen) atoms. The van der Waals surface area contributed by atoms with E-state index in [9.17, 15) is 4.79 Å². The number of carbonyl (C=O) groups is 1. The quantitative estimate of drug-likeness (QED) is 0.282. The molecule has 3 aromatic rings. The first-order valence-electron chi connectivity index (χ1n) is 12.3. The second-order valence-electron chi connectivity index (χ2n) is 9.02. The van der Waals surface area contributed by atoms with Crippen molar-refractivity contribution in [1.29, 1.82) is 0 Å². The summed E-state index contributed by atoms with van der Waals surface area (Å²) in [6.45, 7) is 7.80. The van der Waals surface area contributed by atoms with Crippen molar-refractivity contribution in [3.63, 3.8) is 0 Å². The Morgan fingerprint density at radius 3 is 2.61 bits per heavy atom. The Balaban J connectivity index is 1.53. The maximum absolute atomic E-state index is 13.4. The van der Waals surface area contributed by atoms with Crippen LogP contribution in [0.25, 0.3) is 10.7 Å². The molecule has 3 N–H and O–H groups in total. The van der Waals surface area contributed by atoms with Crippen molar-refractivity contribution >= 4 is 23.4 Å². The zero-order valence-electron chi connectivity index (χ0n) is 20.3. The molecule has 1 aromatic carbocycles. The van der Waals surface area contributed by atoms with E-state index in [4.69, 9.17) is 13.0 Å². The molecule has 8 nitrogen and oxygen atoms in total. The van der Waals surface area contributed by atoms with E-state index in [1.54, 1.807) is 12.1 Å². The third-order valence-electron chi connectivity index (χ3n) is 6.39. The minimum Gasteiger partial charge on any atom is -0.358 e. The predicted molar refractivity (Wildman–Crippen MR) is 142 cm³/mol. The Bertz CT molecular complexity index is 1220. The Labute approximate surface area is 212 Å². The number of anilines is 2. The van der Waals surface area contributed by atoms with Gasteiger partial charge >= 0.3 is 0 Å². The zero-order chi connectivity index (χ0) is 25.2. The van der Waals surface area contributed by atoms with Gasteiger partial charge < -0.3 is 20.5 Å². The lowest BCUT2D eigenvalue weighted by atomic mass is 9.84.